The molecule has 86 valence electrons. The lowest BCUT2D eigenvalue weighted by molar-refractivity contribution is -0.128. The van der Waals surface area contributed by atoms with E-state index in [1.54, 1.807) is 17.2 Å². The molecule has 0 bridgehead atoms. The molecule has 0 aromatic carbocycles. The molecule has 4 nitrogen and oxygen atoms in total. The molecule has 5 heteroatoms. The molecule has 0 radical (unpaired) electrons. The molecule has 1 aliphatic heterocycles. The Morgan fingerprint density at radius 1 is 1.62 bits per heavy atom. The zero-order chi connectivity index (χ0) is 11.5. The Labute approximate surface area is 102 Å². The molecular weight excluding hydrogens is 274 g/mol. The van der Waals surface area contributed by atoms with Crippen molar-refractivity contribution in [3.8, 4) is 0 Å². The lowest BCUT2D eigenvalue weighted by Crippen LogP contribution is -2.25. The number of furan rings is 1. The normalized spacial score (nSPS) is 20.4. The third kappa shape index (κ3) is 2.35. The molecule has 16 heavy (non-hydrogen) atoms. The number of rotatable bonds is 4. The summed E-state index contributed by atoms with van der Waals surface area (Å²) in [6, 6.07) is 3.61. The van der Waals surface area contributed by atoms with Gasteiger partial charge in [-0.3, -0.25) is 9.59 Å². The SMILES string of the molecule is O=C(CBr)[C@@H]1CC(=O)N(Cc2ccco2)C1. The van der Waals surface area contributed by atoms with Gasteiger partial charge in [-0.2, -0.15) is 0 Å². The maximum absolute atomic E-state index is 11.6. The lowest BCUT2D eigenvalue weighted by Gasteiger charge is -2.14. The van der Waals surface area contributed by atoms with Gasteiger partial charge in [0.05, 0.1) is 18.1 Å². The van der Waals surface area contributed by atoms with Crippen molar-refractivity contribution in [2.45, 2.75) is 13.0 Å². The number of carbonyl (C=O) groups excluding carboxylic acids is 2. The van der Waals surface area contributed by atoms with E-state index in [-0.39, 0.29) is 17.6 Å². The van der Waals surface area contributed by atoms with Crippen molar-refractivity contribution in [1.29, 1.82) is 0 Å². The van der Waals surface area contributed by atoms with Crippen molar-refractivity contribution in [3.63, 3.8) is 0 Å². The van der Waals surface area contributed by atoms with Crippen LogP contribution in [-0.4, -0.2) is 28.5 Å². The van der Waals surface area contributed by atoms with Gasteiger partial charge in [-0.15, -0.1) is 0 Å². The Morgan fingerprint density at radius 3 is 3.06 bits per heavy atom. The molecule has 0 unspecified atom stereocenters. The van der Waals surface area contributed by atoms with Gasteiger partial charge in [-0.25, -0.2) is 0 Å². The summed E-state index contributed by atoms with van der Waals surface area (Å²) in [4.78, 5) is 24.8. The number of hydrogen-bond acceptors (Lipinski definition) is 3. The highest BCUT2D eigenvalue weighted by Crippen LogP contribution is 2.21. The molecule has 1 aliphatic rings. The molecule has 1 fully saturated rings. The van der Waals surface area contributed by atoms with Crippen LogP contribution in [0.3, 0.4) is 0 Å². The van der Waals surface area contributed by atoms with E-state index < -0.39 is 0 Å². The van der Waals surface area contributed by atoms with E-state index in [0.29, 0.717) is 24.8 Å². The molecular formula is C11H12BrNO3. The highest BCUT2D eigenvalue weighted by Gasteiger charge is 2.33. The number of likely N-dealkylation sites (tertiary alicyclic amines) is 1. The predicted molar refractivity (Wildman–Crippen MR) is 61.0 cm³/mol. The highest BCUT2D eigenvalue weighted by atomic mass is 79.9. The second kappa shape index (κ2) is 4.82. The monoisotopic (exact) mass is 285 g/mol. The van der Waals surface area contributed by atoms with Crippen molar-refractivity contribution < 1.29 is 14.0 Å². The van der Waals surface area contributed by atoms with Crippen molar-refractivity contribution in [2.75, 3.05) is 11.9 Å². The van der Waals surface area contributed by atoms with Crippen LogP contribution in [0.5, 0.6) is 0 Å². The molecule has 0 aliphatic carbocycles. The van der Waals surface area contributed by atoms with Crippen LogP contribution in [0, 0.1) is 5.92 Å². The molecule has 1 aromatic heterocycles. The topological polar surface area (TPSA) is 50.5 Å². The van der Waals surface area contributed by atoms with E-state index in [4.69, 9.17) is 4.42 Å². The van der Waals surface area contributed by atoms with E-state index in [0.717, 1.165) is 5.76 Å². The largest absolute Gasteiger partial charge is 0.467 e. The van der Waals surface area contributed by atoms with Crippen LogP contribution in [0.15, 0.2) is 22.8 Å². The summed E-state index contributed by atoms with van der Waals surface area (Å²) in [7, 11) is 0. The van der Waals surface area contributed by atoms with Gasteiger partial charge in [-0.05, 0) is 12.1 Å². The summed E-state index contributed by atoms with van der Waals surface area (Å²) in [5.74, 6) is 0.702. The minimum Gasteiger partial charge on any atom is -0.467 e. The number of halogens is 1. The molecule has 2 rings (SSSR count). The van der Waals surface area contributed by atoms with Crippen LogP contribution in [0.25, 0.3) is 0 Å². The van der Waals surface area contributed by atoms with Crippen molar-refractivity contribution >= 4 is 27.6 Å². The number of nitrogens with zero attached hydrogens (tertiary/aromatic N) is 1. The van der Waals surface area contributed by atoms with Crippen molar-refractivity contribution in [2.24, 2.45) is 5.92 Å². The summed E-state index contributed by atoms with van der Waals surface area (Å²) >= 11 is 3.13. The van der Waals surface area contributed by atoms with Gasteiger partial charge in [0.1, 0.15) is 11.5 Å². The molecule has 1 saturated heterocycles. The summed E-state index contributed by atoms with van der Waals surface area (Å²) in [5, 5.41) is 0.319. The van der Waals surface area contributed by atoms with Gasteiger partial charge < -0.3 is 9.32 Å². The van der Waals surface area contributed by atoms with Crippen LogP contribution in [0.2, 0.25) is 0 Å². The summed E-state index contributed by atoms with van der Waals surface area (Å²) in [6.45, 7) is 0.960. The number of ketones is 1. The quantitative estimate of drug-likeness (QED) is 0.790. The summed E-state index contributed by atoms with van der Waals surface area (Å²) < 4.78 is 5.18. The van der Waals surface area contributed by atoms with Crippen molar-refractivity contribution in [3.05, 3.63) is 24.2 Å². The number of alkyl halides is 1. The Morgan fingerprint density at radius 2 is 2.44 bits per heavy atom. The number of hydrogen-bond donors (Lipinski definition) is 0. The van der Waals surface area contributed by atoms with Gasteiger partial charge >= 0.3 is 0 Å². The second-order valence-electron chi connectivity index (χ2n) is 3.85. The van der Waals surface area contributed by atoms with E-state index in [9.17, 15) is 9.59 Å². The van der Waals surface area contributed by atoms with E-state index in [1.807, 2.05) is 6.07 Å². The highest BCUT2D eigenvalue weighted by molar-refractivity contribution is 9.09. The molecule has 0 saturated carbocycles. The fourth-order valence-electron chi connectivity index (χ4n) is 1.84. The van der Waals surface area contributed by atoms with Crippen LogP contribution >= 0.6 is 15.9 Å². The third-order valence-electron chi connectivity index (χ3n) is 2.73. The first-order valence-corrected chi connectivity index (χ1v) is 6.21. The van der Waals surface area contributed by atoms with Gasteiger partial charge in [0.25, 0.3) is 0 Å². The molecule has 1 amide bonds. The van der Waals surface area contributed by atoms with E-state index in [2.05, 4.69) is 15.9 Å². The minimum absolute atomic E-state index is 0.0238. The zero-order valence-corrected chi connectivity index (χ0v) is 10.3. The molecule has 2 heterocycles. The van der Waals surface area contributed by atoms with E-state index in [1.165, 1.54) is 0 Å². The summed E-state index contributed by atoms with van der Waals surface area (Å²) in [6.07, 6.45) is 1.90. The molecule has 0 N–H and O–H groups in total. The van der Waals surface area contributed by atoms with Gasteiger partial charge in [0, 0.05) is 18.9 Å². The van der Waals surface area contributed by atoms with Crippen LogP contribution in [0.1, 0.15) is 12.2 Å². The number of amides is 1. The van der Waals surface area contributed by atoms with Crippen LogP contribution in [-0.2, 0) is 16.1 Å². The Bertz CT molecular complexity index is 388. The van der Waals surface area contributed by atoms with Gasteiger partial charge in [-0.1, -0.05) is 15.9 Å². The molecule has 1 atom stereocenters. The Hall–Kier alpha value is -1.10. The van der Waals surface area contributed by atoms with Crippen molar-refractivity contribution in [1.82, 2.24) is 4.90 Å². The fourth-order valence-corrected chi connectivity index (χ4v) is 2.30. The smallest absolute Gasteiger partial charge is 0.223 e. The second-order valence-corrected chi connectivity index (χ2v) is 4.42. The Kier molecular flexibility index (Phi) is 3.43. The van der Waals surface area contributed by atoms with Crippen LogP contribution < -0.4 is 0 Å². The fraction of sp³-hybridized carbons (Fsp3) is 0.455. The van der Waals surface area contributed by atoms with Crippen LogP contribution in [0.4, 0.5) is 0 Å². The van der Waals surface area contributed by atoms with Gasteiger partial charge in [0.15, 0.2) is 0 Å². The third-order valence-corrected chi connectivity index (χ3v) is 3.28. The van der Waals surface area contributed by atoms with E-state index >= 15 is 0 Å². The Balaban J connectivity index is 1.97. The first kappa shape index (κ1) is 11.4. The van der Waals surface area contributed by atoms with Gasteiger partial charge in [0.2, 0.25) is 5.91 Å². The average molecular weight is 286 g/mol. The first-order valence-electron chi connectivity index (χ1n) is 5.09. The molecule has 1 aromatic rings. The maximum atomic E-state index is 11.6. The standard InChI is InChI=1S/C11H12BrNO3/c12-5-10(14)8-4-11(15)13(6-8)7-9-2-1-3-16-9/h1-3,8H,4-7H2/t8-/m1/s1. The predicted octanol–water partition coefficient (Wildman–Crippen LogP) is 1.59. The number of Topliss-reactive ketones (excluding diaryl/α,β-unsaturated/α-hetero) is 1. The average Bonchev–Trinajstić information content (AvgIpc) is 2.89. The lowest BCUT2D eigenvalue weighted by atomic mass is 10.1. The maximum Gasteiger partial charge on any atom is 0.223 e. The number of carbonyl (C=O) groups is 2. The summed E-state index contributed by atoms with van der Waals surface area (Å²) in [5.41, 5.74) is 0. The minimum atomic E-state index is -0.165. The first-order chi connectivity index (χ1) is 7.70. The molecule has 0 spiro atoms. The zero-order valence-electron chi connectivity index (χ0n) is 8.69.